The van der Waals surface area contributed by atoms with Gasteiger partial charge in [-0.3, -0.25) is 0 Å². The number of carbonyl (C=O) groups excluding carboxylic acids is 1. The second-order valence-electron chi connectivity index (χ2n) is 5.57. The van der Waals surface area contributed by atoms with Crippen LogP contribution in [0.4, 0.5) is 4.79 Å². The van der Waals surface area contributed by atoms with Crippen LogP contribution in [0.2, 0.25) is 0 Å². The van der Waals surface area contributed by atoms with E-state index in [0.29, 0.717) is 12.5 Å². The average Bonchev–Trinajstić information content (AvgIpc) is 2.59. The van der Waals surface area contributed by atoms with Crippen LogP contribution < -0.4 is 5.32 Å². The summed E-state index contributed by atoms with van der Waals surface area (Å²) in [6.07, 6.45) is 0.641. The third-order valence-corrected chi connectivity index (χ3v) is 2.61. The Balaban J connectivity index is 2.35. The van der Waals surface area contributed by atoms with Gasteiger partial charge in [0.15, 0.2) is 0 Å². The van der Waals surface area contributed by atoms with Gasteiger partial charge in [0.05, 0.1) is 6.10 Å². The van der Waals surface area contributed by atoms with E-state index < -0.39 is 5.60 Å². The van der Waals surface area contributed by atoms with E-state index in [-0.39, 0.29) is 12.2 Å². The van der Waals surface area contributed by atoms with Crippen LogP contribution in [0.15, 0.2) is 12.2 Å². The Kier molecular flexibility index (Phi) is 4.57. The van der Waals surface area contributed by atoms with Crippen LogP contribution in [0.1, 0.15) is 34.1 Å². The Bertz CT molecular complexity index is 294. The summed E-state index contributed by atoms with van der Waals surface area (Å²) < 4.78 is 10.7. The molecular weight excluding hydrogens is 218 g/mol. The first-order valence-corrected chi connectivity index (χ1v) is 6.03. The molecule has 17 heavy (non-hydrogen) atoms. The molecule has 1 rings (SSSR count). The van der Waals surface area contributed by atoms with E-state index >= 15 is 0 Å². The Morgan fingerprint density at radius 1 is 1.53 bits per heavy atom. The van der Waals surface area contributed by atoms with E-state index in [0.717, 1.165) is 18.6 Å². The third kappa shape index (κ3) is 4.77. The normalized spacial score (nSPS) is 24.5. The van der Waals surface area contributed by atoms with E-state index in [4.69, 9.17) is 9.47 Å². The molecular formula is C13H23NO3. The lowest BCUT2D eigenvalue weighted by Crippen LogP contribution is -2.37. The quantitative estimate of drug-likeness (QED) is 0.772. The van der Waals surface area contributed by atoms with Crippen molar-refractivity contribution in [1.29, 1.82) is 0 Å². The molecule has 1 fully saturated rings. The zero-order chi connectivity index (χ0) is 13.1. The molecule has 1 aliphatic heterocycles. The zero-order valence-electron chi connectivity index (χ0n) is 11.2. The highest BCUT2D eigenvalue weighted by molar-refractivity contribution is 5.67. The van der Waals surface area contributed by atoms with Crippen LogP contribution in [0.5, 0.6) is 0 Å². The Labute approximate surface area is 103 Å². The fourth-order valence-electron chi connectivity index (χ4n) is 1.92. The molecule has 4 heteroatoms. The molecule has 0 bridgehead atoms. The molecule has 0 aliphatic carbocycles. The molecule has 0 radical (unpaired) electrons. The number of alkyl carbamates (subject to hydrolysis) is 1. The van der Waals surface area contributed by atoms with Crippen molar-refractivity contribution in [2.75, 3.05) is 13.2 Å². The Morgan fingerprint density at radius 2 is 2.18 bits per heavy atom. The molecule has 98 valence electrons. The predicted octanol–water partition coefficient (Wildman–Crippen LogP) is 2.49. The van der Waals surface area contributed by atoms with Crippen molar-refractivity contribution in [3.05, 3.63) is 12.2 Å². The molecule has 2 atom stereocenters. The van der Waals surface area contributed by atoms with E-state index in [2.05, 4.69) is 11.9 Å². The van der Waals surface area contributed by atoms with Crippen LogP contribution in [-0.4, -0.2) is 30.9 Å². The highest BCUT2D eigenvalue weighted by Crippen LogP contribution is 2.25. The van der Waals surface area contributed by atoms with Crippen molar-refractivity contribution >= 4 is 6.09 Å². The van der Waals surface area contributed by atoms with Gasteiger partial charge in [0, 0.05) is 19.1 Å². The van der Waals surface area contributed by atoms with Crippen molar-refractivity contribution in [1.82, 2.24) is 5.32 Å². The van der Waals surface area contributed by atoms with Gasteiger partial charge in [-0.25, -0.2) is 4.79 Å². The number of nitrogens with one attached hydrogen (secondary N) is 1. The van der Waals surface area contributed by atoms with Gasteiger partial charge in [-0.05, 0) is 34.1 Å². The molecule has 0 saturated carbocycles. The summed E-state index contributed by atoms with van der Waals surface area (Å²) in [5, 5.41) is 2.78. The number of amides is 1. The molecule has 0 aromatic rings. The SMILES string of the molecule is C=C(C)C1OCCC1CNC(=O)OC(C)(C)C. The monoisotopic (exact) mass is 241 g/mol. The van der Waals surface area contributed by atoms with Crippen molar-refractivity contribution in [2.45, 2.75) is 45.8 Å². The second kappa shape index (κ2) is 5.54. The minimum atomic E-state index is -0.454. The molecule has 2 unspecified atom stereocenters. The highest BCUT2D eigenvalue weighted by Gasteiger charge is 2.29. The van der Waals surface area contributed by atoms with Gasteiger partial charge in [-0.15, -0.1) is 0 Å². The van der Waals surface area contributed by atoms with Crippen molar-refractivity contribution in [3.8, 4) is 0 Å². The fraction of sp³-hybridized carbons (Fsp3) is 0.769. The number of hydrogen-bond donors (Lipinski definition) is 1. The van der Waals surface area contributed by atoms with E-state index in [1.54, 1.807) is 0 Å². The van der Waals surface area contributed by atoms with Gasteiger partial charge in [-0.1, -0.05) is 12.2 Å². The lowest BCUT2D eigenvalue weighted by molar-refractivity contribution is 0.0509. The largest absolute Gasteiger partial charge is 0.444 e. The Morgan fingerprint density at radius 3 is 2.71 bits per heavy atom. The van der Waals surface area contributed by atoms with Gasteiger partial charge in [-0.2, -0.15) is 0 Å². The molecule has 1 saturated heterocycles. The summed E-state index contributed by atoms with van der Waals surface area (Å²) in [6, 6.07) is 0. The van der Waals surface area contributed by atoms with E-state index in [1.807, 2.05) is 27.7 Å². The third-order valence-electron chi connectivity index (χ3n) is 2.61. The lowest BCUT2D eigenvalue weighted by Gasteiger charge is -2.22. The lowest BCUT2D eigenvalue weighted by atomic mass is 9.97. The number of hydrogen-bond acceptors (Lipinski definition) is 3. The maximum atomic E-state index is 11.5. The van der Waals surface area contributed by atoms with Crippen molar-refractivity contribution < 1.29 is 14.3 Å². The topological polar surface area (TPSA) is 47.6 Å². The van der Waals surface area contributed by atoms with E-state index in [9.17, 15) is 4.79 Å². The summed E-state index contributed by atoms with van der Waals surface area (Å²) >= 11 is 0. The summed E-state index contributed by atoms with van der Waals surface area (Å²) in [6.45, 7) is 12.7. The standard InChI is InChI=1S/C13H23NO3/c1-9(2)11-10(6-7-16-11)8-14-12(15)17-13(3,4)5/h10-11H,1,6-8H2,2-5H3,(H,14,15). The first-order chi connectivity index (χ1) is 7.79. The molecule has 4 nitrogen and oxygen atoms in total. The van der Waals surface area contributed by atoms with Crippen LogP contribution in [0.25, 0.3) is 0 Å². The molecule has 1 N–H and O–H groups in total. The first-order valence-electron chi connectivity index (χ1n) is 6.03. The van der Waals surface area contributed by atoms with Crippen molar-refractivity contribution in [3.63, 3.8) is 0 Å². The molecule has 1 aliphatic rings. The summed E-state index contributed by atoms with van der Waals surface area (Å²) in [5.41, 5.74) is 0.558. The molecule has 1 amide bonds. The molecule has 1 heterocycles. The summed E-state index contributed by atoms with van der Waals surface area (Å²) in [7, 11) is 0. The average molecular weight is 241 g/mol. The first kappa shape index (κ1) is 14.0. The highest BCUT2D eigenvalue weighted by atomic mass is 16.6. The molecule has 0 spiro atoms. The zero-order valence-corrected chi connectivity index (χ0v) is 11.2. The van der Waals surface area contributed by atoms with Gasteiger partial charge >= 0.3 is 6.09 Å². The minimum Gasteiger partial charge on any atom is -0.444 e. The number of ether oxygens (including phenoxy) is 2. The van der Waals surface area contributed by atoms with Crippen LogP contribution in [0, 0.1) is 5.92 Å². The van der Waals surface area contributed by atoms with Gasteiger partial charge in [0.1, 0.15) is 5.60 Å². The maximum absolute atomic E-state index is 11.5. The van der Waals surface area contributed by atoms with Gasteiger partial charge in [0.2, 0.25) is 0 Å². The van der Waals surface area contributed by atoms with Crippen LogP contribution in [-0.2, 0) is 9.47 Å². The smallest absolute Gasteiger partial charge is 0.407 e. The predicted molar refractivity (Wildman–Crippen MR) is 66.9 cm³/mol. The molecule has 0 aromatic carbocycles. The molecule has 0 aromatic heterocycles. The minimum absolute atomic E-state index is 0.0601. The Hall–Kier alpha value is -1.03. The maximum Gasteiger partial charge on any atom is 0.407 e. The van der Waals surface area contributed by atoms with Gasteiger partial charge in [0.25, 0.3) is 0 Å². The van der Waals surface area contributed by atoms with Crippen LogP contribution in [0.3, 0.4) is 0 Å². The number of carbonyl (C=O) groups is 1. The van der Waals surface area contributed by atoms with Crippen LogP contribution >= 0.6 is 0 Å². The number of rotatable bonds is 3. The fourth-order valence-corrected chi connectivity index (χ4v) is 1.92. The summed E-state index contributed by atoms with van der Waals surface area (Å²) in [5.74, 6) is 0.306. The van der Waals surface area contributed by atoms with Crippen molar-refractivity contribution in [2.24, 2.45) is 5.92 Å². The second-order valence-corrected chi connectivity index (χ2v) is 5.57. The summed E-state index contributed by atoms with van der Waals surface area (Å²) in [4.78, 5) is 11.5. The van der Waals surface area contributed by atoms with E-state index in [1.165, 1.54) is 0 Å². The van der Waals surface area contributed by atoms with Gasteiger partial charge < -0.3 is 14.8 Å².